The lowest BCUT2D eigenvalue weighted by atomic mass is 10.2. The van der Waals surface area contributed by atoms with E-state index in [-0.39, 0.29) is 15.1 Å². The second-order valence-electron chi connectivity index (χ2n) is 2.38. The van der Waals surface area contributed by atoms with E-state index in [1.54, 1.807) is 0 Å². The number of phenols is 1. The van der Waals surface area contributed by atoms with E-state index in [1.165, 1.54) is 0 Å². The number of rotatable bonds is 2. The molecule has 15 heavy (non-hydrogen) atoms. The molecule has 0 bridgehead atoms. The second kappa shape index (κ2) is 4.53. The Morgan fingerprint density at radius 2 is 1.67 bits per heavy atom. The van der Waals surface area contributed by atoms with Crippen molar-refractivity contribution in [1.29, 1.82) is 0 Å². The van der Waals surface area contributed by atoms with Crippen molar-refractivity contribution in [2.75, 3.05) is 0 Å². The smallest absolute Gasteiger partial charge is 0.341 e. The average molecular weight is 292 g/mol. The lowest BCUT2D eigenvalue weighted by Crippen LogP contribution is -2.00. The van der Waals surface area contributed by atoms with Gasteiger partial charge in [0, 0.05) is 0 Å². The highest BCUT2D eigenvalue weighted by Gasteiger charge is 2.26. The third kappa shape index (κ3) is 2.03. The molecule has 0 radical (unpaired) electrons. The topological polar surface area (TPSA) is 66.8 Å². The van der Waals surface area contributed by atoms with Gasteiger partial charge in [-0.15, -0.1) is 0 Å². The summed E-state index contributed by atoms with van der Waals surface area (Å²) in [6, 6.07) is 0. The number of benzene rings is 1. The first-order chi connectivity index (χ1) is 6.91. The van der Waals surface area contributed by atoms with Crippen molar-refractivity contribution in [3.8, 4) is 11.5 Å². The molecule has 0 saturated carbocycles. The van der Waals surface area contributed by atoms with Gasteiger partial charge in [-0.3, -0.25) is 0 Å². The quantitative estimate of drug-likeness (QED) is 0.817. The fraction of sp³-hybridized carbons (Fsp3) is 0. The number of hydrogen-bond donors (Lipinski definition) is 2. The Morgan fingerprint density at radius 1 is 1.13 bits per heavy atom. The zero-order valence-corrected chi connectivity index (χ0v) is 9.75. The Hall–Kier alpha value is -0.550. The lowest BCUT2D eigenvalue weighted by Gasteiger charge is -2.10. The van der Waals surface area contributed by atoms with Gasteiger partial charge in [0.1, 0.15) is 22.5 Å². The van der Waals surface area contributed by atoms with Gasteiger partial charge in [-0.25, -0.2) is 4.79 Å². The van der Waals surface area contributed by atoms with E-state index in [4.69, 9.17) is 51.8 Å². The molecule has 0 aliphatic rings. The third-order valence-corrected chi connectivity index (χ3v) is 3.01. The molecule has 0 spiro atoms. The highest BCUT2D eigenvalue weighted by atomic mass is 35.5. The van der Waals surface area contributed by atoms with Crippen LogP contribution in [0.4, 0.5) is 0 Å². The van der Waals surface area contributed by atoms with Gasteiger partial charge < -0.3 is 14.5 Å². The van der Waals surface area contributed by atoms with Crippen LogP contribution in [0.5, 0.6) is 11.5 Å². The van der Waals surface area contributed by atoms with E-state index in [9.17, 15) is 9.90 Å². The largest absolute Gasteiger partial charge is 0.504 e. The Labute approximate surface area is 104 Å². The fourth-order valence-electron chi connectivity index (χ4n) is 0.893. The first kappa shape index (κ1) is 12.5. The van der Waals surface area contributed by atoms with Crippen molar-refractivity contribution in [1.82, 2.24) is 0 Å². The monoisotopic (exact) mass is 290 g/mol. The number of carboxylic acids is 1. The third-order valence-electron chi connectivity index (χ3n) is 1.55. The summed E-state index contributed by atoms with van der Waals surface area (Å²) >= 11 is 21.8. The minimum atomic E-state index is -1.48. The van der Waals surface area contributed by atoms with Crippen LogP contribution in [0.1, 0.15) is 10.4 Å². The molecule has 4 nitrogen and oxygen atoms in total. The SMILES string of the molecule is O=C(O)c1c(O)c(OCl)c(Cl)c(Cl)c1Cl. The molecule has 8 heteroatoms. The van der Waals surface area contributed by atoms with Gasteiger partial charge in [-0.2, -0.15) is 0 Å². The van der Waals surface area contributed by atoms with Gasteiger partial charge in [0.2, 0.25) is 5.75 Å². The van der Waals surface area contributed by atoms with E-state index < -0.39 is 23.0 Å². The van der Waals surface area contributed by atoms with Gasteiger partial charge in [0.05, 0.1) is 10.0 Å². The molecular weight excluding hydrogens is 290 g/mol. The van der Waals surface area contributed by atoms with Crippen molar-refractivity contribution >= 4 is 52.6 Å². The van der Waals surface area contributed by atoms with Crippen LogP contribution in [0.25, 0.3) is 0 Å². The molecule has 1 aromatic rings. The minimum Gasteiger partial charge on any atom is -0.504 e. The molecule has 0 unspecified atom stereocenters. The van der Waals surface area contributed by atoms with Crippen molar-refractivity contribution in [2.45, 2.75) is 0 Å². The highest BCUT2D eigenvalue weighted by Crippen LogP contribution is 2.47. The van der Waals surface area contributed by atoms with E-state index in [2.05, 4.69) is 4.29 Å². The van der Waals surface area contributed by atoms with Crippen LogP contribution in [-0.2, 0) is 0 Å². The fourth-order valence-corrected chi connectivity index (χ4v) is 1.80. The Kier molecular flexibility index (Phi) is 3.78. The molecule has 0 amide bonds. The first-order valence-electron chi connectivity index (χ1n) is 3.33. The standard InChI is InChI=1S/C7H2Cl4O4/c8-2-1(7(13)14)5(12)6(15-11)4(10)3(2)9/h12H,(H,13,14). The molecule has 2 N–H and O–H groups in total. The van der Waals surface area contributed by atoms with E-state index in [0.717, 1.165) is 0 Å². The van der Waals surface area contributed by atoms with Crippen molar-refractivity contribution < 1.29 is 19.3 Å². The molecule has 82 valence electrons. The van der Waals surface area contributed by atoms with Crippen molar-refractivity contribution in [3.05, 3.63) is 20.6 Å². The Balaban J connectivity index is 3.68. The molecule has 1 aromatic carbocycles. The normalized spacial score (nSPS) is 10.1. The van der Waals surface area contributed by atoms with Gasteiger partial charge in [-0.05, 0) is 0 Å². The number of halogens is 4. The molecule has 1 rings (SSSR count). The maximum Gasteiger partial charge on any atom is 0.341 e. The van der Waals surface area contributed by atoms with E-state index in [0.29, 0.717) is 0 Å². The Morgan fingerprint density at radius 3 is 2.07 bits per heavy atom. The van der Waals surface area contributed by atoms with Crippen LogP contribution in [0.3, 0.4) is 0 Å². The van der Waals surface area contributed by atoms with Crippen LogP contribution in [0.2, 0.25) is 15.1 Å². The first-order valence-corrected chi connectivity index (χ1v) is 4.77. The van der Waals surface area contributed by atoms with Gasteiger partial charge >= 0.3 is 5.97 Å². The predicted octanol–water partition coefficient (Wildman–Crippen LogP) is 3.58. The lowest BCUT2D eigenvalue weighted by molar-refractivity contribution is 0.0693. The summed E-state index contributed by atoms with van der Waals surface area (Å²) in [6.45, 7) is 0. The molecule has 0 atom stereocenters. The number of hydrogen-bond acceptors (Lipinski definition) is 3. The summed E-state index contributed by atoms with van der Waals surface area (Å²) in [7, 11) is 0. The summed E-state index contributed by atoms with van der Waals surface area (Å²) in [5, 5.41) is 17.3. The van der Waals surface area contributed by atoms with E-state index >= 15 is 0 Å². The molecular formula is C7H2Cl4O4. The van der Waals surface area contributed by atoms with E-state index in [1.807, 2.05) is 0 Å². The second-order valence-corrected chi connectivity index (χ2v) is 3.67. The maximum atomic E-state index is 10.7. The molecule has 0 aliphatic heterocycles. The summed E-state index contributed by atoms with van der Waals surface area (Å²) in [5.41, 5.74) is -0.623. The van der Waals surface area contributed by atoms with Crippen LogP contribution >= 0.6 is 46.7 Å². The Bertz CT molecular complexity index is 432. The molecule has 0 aromatic heterocycles. The summed E-state index contributed by atoms with van der Waals surface area (Å²) < 4.78 is 4.19. The molecule has 0 saturated heterocycles. The minimum absolute atomic E-state index is 0.260. The van der Waals surface area contributed by atoms with Crippen LogP contribution in [0.15, 0.2) is 0 Å². The zero-order valence-electron chi connectivity index (χ0n) is 6.72. The molecule has 0 fully saturated rings. The predicted molar refractivity (Wildman–Crippen MR) is 56.6 cm³/mol. The van der Waals surface area contributed by atoms with Crippen molar-refractivity contribution in [2.24, 2.45) is 0 Å². The van der Waals surface area contributed by atoms with Gasteiger partial charge in [0.15, 0.2) is 5.75 Å². The number of carboxylic acid groups (broad SMARTS) is 1. The summed E-state index contributed by atoms with van der Waals surface area (Å²) in [4.78, 5) is 10.7. The van der Waals surface area contributed by atoms with Gasteiger partial charge in [0.25, 0.3) is 0 Å². The van der Waals surface area contributed by atoms with Crippen LogP contribution < -0.4 is 4.29 Å². The van der Waals surface area contributed by atoms with Crippen LogP contribution in [0, 0.1) is 0 Å². The molecule has 0 heterocycles. The highest BCUT2D eigenvalue weighted by molar-refractivity contribution is 6.50. The number of carbonyl (C=O) groups is 1. The molecule has 0 aliphatic carbocycles. The zero-order chi connectivity index (χ0) is 11.7. The summed E-state index contributed by atoms with van der Waals surface area (Å²) in [5.74, 6) is -2.71. The van der Waals surface area contributed by atoms with Gasteiger partial charge in [-0.1, -0.05) is 34.8 Å². The maximum absolute atomic E-state index is 10.7. The van der Waals surface area contributed by atoms with Crippen molar-refractivity contribution in [3.63, 3.8) is 0 Å². The average Bonchev–Trinajstić information content (AvgIpc) is 2.15. The number of aromatic hydroxyl groups is 1. The number of aromatic carboxylic acids is 1. The van der Waals surface area contributed by atoms with Crippen LogP contribution in [-0.4, -0.2) is 16.2 Å². The summed E-state index contributed by atoms with van der Waals surface area (Å²) in [6.07, 6.45) is 0.